The summed E-state index contributed by atoms with van der Waals surface area (Å²) in [6, 6.07) is 7.47. The van der Waals surface area contributed by atoms with Gasteiger partial charge < -0.3 is 10.1 Å². The molecular formula is C15H22BrNO2. The first-order chi connectivity index (χ1) is 9.05. The largest absolute Gasteiger partial charge is 0.493 e. The molecule has 0 saturated carbocycles. The molecule has 106 valence electrons. The SMILES string of the molecule is CCC(CC)(CBr)COc1ccc(NC(C)=O)cc1. The minimum atomic E-state index is -0.0658. The highest BCUT2D eigenvalue weighted by atomic mass is 79.9. The van der Waals surface area contributed by atoms with Crippen LogP contribution < -0.4 is 10.1 Å². The summed E-state index contributed by atoms with van der Waals surface area (Å²) in [5.41, 5.74) is 0.980. The number of halogens is 1. The second-order valence-corrected chi connectivity index (χ2v) is 5.40. The maximum Gasteiger partial charge on any atom is 0.221 e. The molecule has 0 aliphatic rings. The average Bonchev–Trinajstić information content (AvgIpc) is 2.42. The zero-order valence-electron chi connectivity index (χ0n) is 11.8. The Bertz CT molecular complexity index is 391. The average molecular weight is 328 g/mol. The maximum absolute atomic E-state index is 10.9. The van der Waals surface area contributed by atoms with Crippen molar-refractivity contribution in [2.45, 2.75) is 33.6 Å². The number of hydrogen-bond acceptors (Lipinski definition) is 2. The van der Waals surface area contributed by atoms with E-state index in [0.717, 1.165) is 29.6 Å². The number of alkyl halides is 1. The van der Waals surface area contributed by atoms with Crippen molar-refractivity contribution in [3.63, 3.8) is 0 Å². The number of carbonyl (C=O) groups excluding carboxylic acids is 1. The third kappa shape index (κ3) is 4.86. The van der Waals surface area contributed by atoms with Gasteiger partial charge in [-0.25, -0.2) is 0 Å². The Morgan fingerprint density at radius 1 is 1.26 bits per heavy atom. The van der Waals surface area contributed by atoms with Crippen molar-refractivity contribution in [2.75, 3.05) is 17.3 Å². The van der Waals surface area contributed by atoms with Crippen LogP contribution in [0.25, 0.3) is 0 Å². The lowest BCUT2D eigenvalue weighted by molar-refractivity contribution is -0.114. The van der Waals surface area contributed by atoms with E-state index in [2.05, 4.69) is 35.1 Å². The molecular weight excluding hydrogens is 306 g/mol. The quantitative estimate of drug-likeness (QED) is 0.761. The highest BCUT2D eigenvalue weighted by molar-refractivity contribution is 9.09. The van der Waals surface area contributed by atoms with Crippen LogP contribution in [0.5, 0.6) is 5.75 Å². The molecule has 3 nitrogen and oxygen atoms in total. The monoisotopic (exact) mass is 327 g/mol. The van der Waals surface area contributed by atoms with Crippen LogP contribution in [0.2, 0.25) is 0 Å². The molecule has 0 aromatic heterocycles. The van der Waals surface area contributed by atoms with E-state index in [0.29, 0.717) is 6.61 Å². The number of rotatable bonds is 7. The Labute approximate surface area is 123 Å². The van der Waals surface area contributed by atoms with Crippen molar-refractivity contribution in [1.29, 1.82) is 0 Å². The minimum Gasteiger partial charge on any atom is -0.493 e. The molecule has 1 aromatic carbocycles. The van der Waals surface area contributed by atoms with Crippen molar-refractivity contribution in [2.24, 2.45) is 5.41 Å². The molecule has 0 aliphatic carbocycles. The second kappa shape index (κ2) is 7.53. The second-order valence-electron chi connectivity index (χ2n) is 4.83. The molecule has 0 atom stereocenters. The van der Waals surface area contributed by atoms with Gasteiger partial charge >= 0.3 is 0 Å². The van der Waals surface area contributed by atoms with Gasteiger partial charge in [0.1, 0.15) is 5.75 Å². The van der Waals surface area contributed by atoms with Gasteiger partial charge in [0, 0.05) is 23.4 Å². The van der Waals surface area contributed by atoms with Crippen molar-refractivity contribution < 1.29 is 9.53 Å². The number of nitrogens with one attached hydrogen (secondary N) is 1. The van der Waals surface area contributed by atoms with Gasteiger partial charge in [-0.2, -0.15) is 0 Å². The van der Waals surface area contributed by atoms with Crippen LogP contribution in [0.1, 0.15) is 33.6 Å². The molecule has 0 aliphatic heterocycles. The summed E-state index contributed by atoms with van der Waals surface area (Å²) >= 11 is 3.58. The Balaban J connectivity index is 2.60. The predicted octanol–water partition coefficient (Wildman–Crippen LogP) is 4.23. The lowest BCUT2D eigenvalue weighted by atomic mass is 9.86. The number of amides is 1. The van der Waals surface area contributed by atoms with Crippen LogP contribution in [0.4, 0.5) is 5.69 Å². The molecule has 4 heteroatoms. The topological polar surface area (TPSA) is 38.3 Å². The smallest absolute Gasteiger partial charge is 0.221 e. The highest BCUT2D eigenvalue weighted by Crippen LogP contribution is 2.30. The van der Waals surface area contributed by atoms with Gasteiger partial charge in [-0.1, -0.05) is 29.8 Å². The zero-order chi connectivity index (χ0) is 14.3. The summed E-state index contributed by atoms with van der Waals surface area (Å²) in [5.74, 6) is 0.769. The fourth-order valence-electron chi connectivity index (χ4n) is 1.76. The summed E-state index contributed by atoms with van der Waals surface area (Å²) in [6.07, 6.45) is 2.16. The zero-order valence-corrected chi connectivity index (χ0v) is 13.4. The lowest BCUT2D eigenvalue weighted by Crippen LogP contribution is -2.28. The Morgan fingerprint density at radius 3 is 2.26 bits per heavy atom. The molecule has 0 spiro atoms. The number of ether oxygens (including phenoxy) is 1. The first-order valence-electron chi connectivity index (χ1n) is 6.61. The summed E-state index contributed by atoms with van der Waals surface area (Å²) in [7, 11) is 0. The van der Waals surface area contributed by atoms with Gasteiger partial charge in [0.2, 0.25) is 5.91 Å². The van der Waals surface area contributed by atoms with E-state index < -0.39 is 0 Å². The molecule has 19 heavy (non-hydrogen) atoms. The van der Waals surface area contributed by atoms with Crippen LogP contribution in [0.3, 0.4) is 0 Å². The normalized spacial score (nSPS) is 11.2. The molecule has 0 heterocycles. The van der Waals surface area contributed by atoms with Gasteiger partial charge in [-0.3, -0.25) is 4.79 Å². The lowest BCUT2D eigenvalue weighted by Gasteiger charge is -2.29. The van der Waals surface area contributed by atoms with Crippen molar-refractivity contribution in [1.82, 2.24) is 0 Å². The molecule has 1 aromatic rings. The van der Waals surface area contributed by atoms with Crippen LogP contribution in [0.15, 0.2) is 24.3 Å². The summed E-state index contributed by atoms with van der Waals surface area (Å²) in [4.78, 5) is 10.9. The van der Waals surface area contributed by atoms with E-state index in [1.165, 1.54) is 6.92 Å². The van der Waals surface area contributed by atoms with Crippen molar-refractivity contribution in [3.05, 3.63) is 24.3 Å². The molecule has 0 saturated heterocycles. The highest BCUT2D eigenvalue weighted by Gasteiger charge is 2.25. The molecule has 0 radical (unpaired) electrons. The standard InChI is InChI=1S/C15H22BrNO2/c1-4-15(5-2,10-16)11-19-14-8-6-13(7-9-14)17-12(3)18/h6-9H,4-5,10-11H2,1-3H3,(H,17,18). The Morgan fingerprint density at radius 2 is 1.84 bits per heavy atom. The van der Waals surface area contributed by atoms with Crippen LogP contribution in [0, 0.1) is 5.41 Å². The van der Waals surface area contributed by atoms with E-state index in [-0.39, 0.29) is 11.3 Å². The van der Waals surface area contributed by atoms with Gasteiger partial charge in [-0.15, -0.1) is 0 Å². The summed E-state index contributed by atoms with van der Waals surface area (Å²) < 4.78 is 5.86. The summed E-state index contributed by atoms with van der Waals surface area (Å²) in [6.45, 7) is 6.57. The molecule has 1 rings (SSSR count). The first kappa shape index (κ1) is 16.0. The fourth-order valence-corrected chi connectivity index (χ4v) is 2.71. The van der Waals surface area contributed by atoms with Gasteiger partial charge in [0.05, 0.1) is 6.61 Å². The third-order valence-corrected chi connectivity index (χ3v) is 4.69. The number of hydrogen-bond donors (Lipinski definition) is 1. The predicted molar refractivity (Wildman–Crippen MR) is 83.0 cm³/mol. The van der Waals surface area contributed by atoms with Gasteiger partial charge in [0.25, 0.3) is 0 Å². The molecule has 1 amide bonds. The number of carbonyl (C=O) groups is 1. The maximum atomic E-state index is 10.9. The molecule has 0 fully saturated rings. The summed E-state index contributed by atoms with van der Waals surface area (Å²) in [5, 5.41) is 3.68. The minimum absolute atomic E-state index is 0.0658. The van der Waals surface area contributed by atoms with Crippen LogP contribution in [-0.4, -0.2) is 17.8 Å². The molecule has 1 N–H and O–H groups in total. The number of anilines is 1. The van der Waals surface area contributed by atoms with Crippen LogP contribution >= 0.6 is 15.9 Å². The Hall–Kier alpha value is -1.03. The molecule has 0 bridgehead atoms. The molecule has 0 unspecified atom stereocenters. The van der Waals surface area contributed by atoms with Gasteiger partial charge in [-0.05, 0) is 37.1 Å². The van der Waals surface area contributed by atoms with E-state index >= 15 is 0 Å². The Kier molecular flexibility index (Phi) is 6.35. The van der Waals surface area contributed by atoms with Gasteiger partial charge in [0.15, 0.2) is 0 Å². The van der Waals surface area contributed by atoms with E-state index in [1.807, 2.05) is 24.3 Å². The van der Waals surface area contributed by atoms with E-state index in [9.17, 15) is 4.79 Å². The third-order valence-electron chi connectivity index (χ3n) is 3.50. The van der Waals surface area contributed by atoms with E-state index in [4.69, 9.17) is 4.74 Å². The van der Waals surface area contributed by atoms with Crippen LogP contribution in [-0.2, 0) is 4.79 Å². The van der Waals surface area contributed by atoms with E-state index in [1.54, 1.807) is 0 Å². The van der Waals surface area contributed by atoms with Crippen molar-refractivity contribution >= 4 is 27.5 Å². The number of benzene rings is 1. The fraction of sp³-hybridized carbons (Fsp3) is 0.533. The van der Waals surface area contributed by atoms with Crippen molar-refractivity contribution in [3.8, 4) is 5.75 Å². The first-order valence-corrected chi connectivity index (χ1v) is 7.74.